The molecule has 160 valence electrons. The first-order valence-electron chi connectivity index (χ1n) is 10.1. The van der Waals surface area contributed by atoms with Crippen molar-refractivity contribution in [3.63, 3.8) is 0 Å². The van der Waals surface area contributed by atoms with E-state index in [4.69, 9.17) is 11.6 Å². The van der Waals surface area contributed by atoms with Crippen molar-refractivity contribution in [2.45, 2.75) is 26.3 Å². The number of nitrogens with zero attached hydrogens (tertiary/aromatic N) is 2. The van der Waals surface area contributed by atoms with Gasteiger partial charge in [-0.1, -0.05) is 35.9 Å². The Kier molecular flexibility index (Phi) is 7.34. The fraction of sp³-hybridized carbons (Fsp3) is 0.391. The average molecular weight is 430 g/mol. The molecule has 1 saturated heterocycles. The third kappa shape index (κ3) is 5.74. The molecule has 6 nitrogen and oxygen atoms in total. The van der Waals surface area contributed by atoms with Gasteiger partial charge >= 0.3 is 0 Å². The Morgan fingerprint density at radius 1 is 1.20 bits per heavy atom. The molecule has 1 fully saturated rings. The number of likely N-dealkylation sites (N-methyl/N-ethyl adjacent to an activating group) is 1. The van der Waals surface area contributed by atoms with Crippen LogP contribution in [-0.2, 0) is 16.1 Å². The number of rotatable bonds is 6. The smallest absolute Gasteiger partial charge is 0.236 e. The molecule has 3 rings (SSSR count). The van der Waals surface area contributed by atoms with E-state index in [2.05, 4.69) is 10.2 Å². The summed E-state index contributed by atoms with van der Waals surface area (Å²) >= 11 is 5.93. The molecule has 2 aromatic carbocycles. The van der Waals surface area contributed by atoms with Crippen molar-refractivity contribution >= 4 is 29.1 Å². The third-order valence-corrected chi connectivity index (χ3v) is 5.86. The number of carbonyl (C=O) groups is 2. The molecule has 0 spiro atoms. The molecule has 7 heteroatoms. The van der Waals surface area contributed by atoms with Crippen molar-refractivity contribution in [1.29, 1.82) is 0 Å². The van der Waals surface area contributed by atoms with E-state index < -0.39 is 0 Å². The van der Waals surface area contributed by atoms with Crippen molar-refractivity contribution in [1.82, 2.24) is 9.80 Å². The standard InChI is InChI=1S/C23H28ClN3O3/c1-16-5-3-4-6-18(16)14-26(2)22(29)15-27-11-9-17(10-12-27)23(30)25-20-13-19(24)7-8-21(20)28/h3-8,13,17,28H,9-12,14-15H2,1-2H3,(H,25,30). The average Bonchev–Trinajstić information content (AvgIpc) is 2.72. The van der Waals surface area contributed by atoms with E-state index in [1.807, 2.05) is 38.2 Å². The number of carbonyl (C=O) groups excluding carboxylic acids is 2. The predicted molar refractivity (Wildman–Crippen MR) is 119 cm³/mol. The largest absolute Gasteiger partial charge is 0.506 e. The highest BCUT2D eigenvalue weighted by atomic mass is 35.5. The van der Waals surface area contributed by atoms with Gasteiger partial charge in [-0.25, -0.2) is 0 Å². The molecule has 0 unspecified atom stereocenters. The lowest BCUT2D eigenvalue weighted by Gasteiger charge is -2.32. The fourth-order valence-corrected chi connectivity index (χ4v) is 3.81. The third-order valence-electron chi connectivity index (χ3n) is 5.63. The van der Waals surface area contributed by atoms with E-state index in [-0.39, 0.29) is 23.5 Å². The zero-order valence-corrected chi connectivity index (χ0v) is 18.2. The molecule has 1 aliphatic heterocycles. The van der Waals surface area contributed by atoms with Crippen LogP contribution in [-0.4, -0.2) is 53.4 Å². The van der Waals surface area contributed by atoms with E-state index >= 15 is 0 Å². The summed E-state index contributed by atoms with van der Waals surface area (Å²) < 4.78 is 0. The number of benzene rings is 2. The Morgan fingerprint density at radius 2 is 1.90 bits per heavy atom. The molecule has 2 amide bonds. The minimum atomic E-state index is -0.153. The lowest BCUT2D eigenvalue weighted by atomic mass is 9.95. The van der Waals surface area contributed by atoms with Crippen LogP contribution in [0.15, 0.2) is 42.5 Å². The first-order valence-corrected chi connectivity index (χ1v) is 10.5. The Bertz CT molecular complexity index is 910. The van der Waals surface area contributed by atoms with Crippen LogP contribution in [0.25, 0.3) is 0 Å². The molecule has 2 aromatic rings. The number of hydrogen-bond donors (Lipinski definition) is 2. The van der Waals surface area contributed by atoms with E-state index in [0.29, 0.717) is 49.7 Å². The van der Waals surface area contributed by atoms with E-state index in [1.165, 1.54) is 17.7 Å². The maximum absolute atomic E-state index is 12.6. The van der Waals surface area contributed by atoms with Crippen LogP contribution in [0.3, 0.4) is 0 Å². The molecule has 0 aliphatic carbocycles. The predicted octanol–water partition coefficient (Wildman–Crippen LogP) is 3.66. The monoisotopic (exact) mass is 429 g/mol. The number of aryl methyl sites for hydroxylation is 1. The van der Waals surface area contributed by atoms with Gasteiger partial charge in [-0.3, -0.25) is 14.5 Å². The molecule has 0 radical (unpaired) electrons. The summed E-state index contributed by atoms with van der Waals surface area (Å²) in [6, 6.07) is 12.6. The number of nitrogens with one attached hydrogen (secondary N) is 1. The Labute approximate surface area is 182 Å². The van der Waals surface area contributed by atoms with Crippen molar-refractivity contribution < 1.29 is 14.7 Å². The summed E-state index contributed by atoms with van der Waals surface area (Å²) in [7, 11) is 1.83. The second-order valence-electron chi connectivity index (χ2n) is 7.88. The quantitative estimate of drug-likeness (QED) is 0.687. The minimum Gasteiger partial charge on any atom is -0.506 e. The van der Waals surface area contributed by atoms with Gasteiger partial charge in [0.15, 0.2) is 0 Å². The number of halogens is 1. The molecule has 0 aromatic heterocycles. The molecule has 1 heterocycles. The van der Waals surface area contributed by atoms with Crippen LogP contribution in [0.1, 0.15) is 24.0 Å². The van der Waals surface area contributed by atoms with Crippen LogP contribution in [0, 0.1) is 12.8 Å². The second-order valence-corrected chi connectivity index (χ2v) is 8.31. The topological polar surface area (TPSA) is 72.9 Å². The number of hydrogen-bond acceptors (Lipinski definition) is 4. The summed E-state index contributed by atoms with van der Waals surface area (Å²) in [6.07, 6.45) is 1.34. The molecule has 0 bridgehead atoms. The highest BCUT2D eigenvalue weighted by Crippen LogP contribution is 2.28. The van der Waals surface area contributed by atoms with Gasteiger partial charge in [0.25, 0.3) is 0 Å². The molecular formula is C23H28ClN3O3. The zero-order valence-electron chi connectivity index (χ0n) is 17.4. The summed E-state index contributed by atoms with van der Waals surface area (Å²) in [5.41, 5.74) is 2.64. The first-order chi connectivity index (χ1) is 14.3. The van der Waals surface area contributed by atoms with E-state index in [9.17, 15) is 14.7 Å². The molecule has 30 heavy (non-hydrogen) atoms. The van der Waals surface area contributed by atoms with Gasteiger partial charge in [0, 0.05) is 24.5 Å². The number of piperidine rings is 1. The lowest BCUT2D eigenvalue weighted by molar-refractivity contribution is -0.132. The number of likely N-dealkylation sites (tertiary alicyclic amines) is 1. The molecule has 0 saturated carbocycles. The molecular weight excluding hydrogens is 402 g/mol. The van der Waals surface area contributed by atoms with E-state index in [0.717, 1.165) is 5.56 Å². The summed E-state index contributed by atoms with van der Waals surface area (Å²) in [5, 5.41) is 13.1. The summed E-state index contributed by atoms with van der Waals surface area (Å²) in [4.78, 5) is 29.0. The first kappa shape index (κ1) is 22.1. The second kappa shape index (κ2) is 9.96. The van der Waals surface area contributed by atoms with Gasteiger partial charge in [-0.2, -0.15) is 0 Å². The van der Waals surface area contributed by atoms with Crippen LogP contribution < -0.4 is 5.32 Å². The van der Waals surface area contributed by atoms with Gasteiger partial charge in [-0.15, -0.1) is 0 Å². The maximum Gasteiger partial charge on any atom is 0.236 e. The van der Waals surface area contributed by atoms with Crippen LogP contribution >= 0.6 is 11.6 Å². The summed E-state index contributed by atoms with van der Waals surface area (Å²) in [5.74, 6) is -0.216. The summed E-state index contributed by atoms with van der Waals surface area (Å²) in [6.45, 7) is 4.36. The SMILES string of the molecule is Cc1ccccc1CN(C)C(=O)CN1CCC(C(=O)Nc2cc(Cl)ccc2O)CC1. The number of phenols is 1. The number of anilines is 1. The molecule has 0 atom stereocenters. The van der Waals surface area contributed by atoms with Crippen molar-refractivity contribution in [2.24, 2.45) is 5.92 Å². The molecule has 2 N–H and O–H groups in total. The lowest BCUT2D eigenvalue weighted by Crippen LogP contribution is -2.43. The minimum absolute atomic E-state index is 0.00697. The van der Waals surface area contributed by atoms with Gasteiger partial charge in [0.2, 0.25) is 11.8 Å². The Morgan fingerprint density at radius 3 is 2.60 bits per heavy atom. The number of phenolic OH excluding ortho intramolecular Hbond substituents is 1. The van der Waals surface area contributed by atoms with E-state index in [1.54, 1.807) is 11.0 Å². The Hall–Kier alpha value is -2.57. The number of amides is 2. The Balaban J connectivity index is 1.47. The van der Waals surface area contributed by atoms with Gasteiger partial charge < -0.3 is 15.3 Å². The van der Waals surface area contributed by atoms with Crippen molar-refractivity contribution in [3.05, 3.63) is 58.6 Å². The highest BCUT2D eigenvalue weighted by Gasteiger charge is 2.27. The number of aromatic hydroxyl groups is 1. The van der Waals surface area contributed by atoms with Crippen molar-refractivity contribution in [2.75, 3.05) is 32.0 Å². The van der Waals surface area contributed by atoms with Crippen LogP contribution in [0.5, 0.6) is 5.75 Å². The van der Waals surface area contributed by atoms with Crippen molar-refractivity contribution in [3.8, 4) is 5.75 Å². The van der Waals surface area contributed by atoms with Gasteiger partial charge in [0.05, 0.1) is 12.2 Å². The fourth-order valence-electron chi connectivity index (χ4n) is 3.64. The van der Waals surface area contributed by atoms with Gasteiger partial charge in [-0.05, 0) is 62.2 Å². The van der Waals surface area contributed by atoms with Gasteiger partial charge in [0.1, 0.15) is 5.75 Å². The zero-order chi connectivity index (χ0) is 21.7. The molecule has 1 aliphatic rings. The highest BCUT2D eigenvalue weighted by molar-refractivity contribution is 6.31. The normalized spacial score (nSPS) is 15.0. The van der Waals surface area contributed by atoms with Crippen LogP contribution in [0.4, 0.5) is 5.69 Å². The maximum atomic E-state index is 12.6. The van der Waals surface area contributed by atoms with Crippen LogP contribution in [0.2, 0.25) is 5.02 Å².